The topological polar surface area (TPSA) is 126 Å². The highest BCUT2D eigenvalue weighted by Crippen LogP contribution is 2.43. The van der Waals surface area contributed by atoms with Crippen LogP contribution in [0.3, 0.4) is 0 Å². The second-order valence-corrected chi connectivity index (χ2v) is 20.0. The van der Waals surface area contributed by atoms with E-state index in [-0.39, 0.29) is 46.7 Å². The van der Waals surface area contributed by atoms with Crippen LogP contribution in [0.25, 0.3) is 43.1 Å². The average molecular weight is 927 g/mol. The summed E-state index contributed by atoms with van der Waals surface area (Å²) < 4.78 is 40.8. The second-order valence-electron chi connectivity index (χ2n) is 19.1. The minimum atomic E-state index is -0.476. The number of fused-ring (bicyclic) bond motifs is 2. The van der Waals surface area contributed by atoms with Gasteiger partial charge >= 0.3 is 21.1 Å². The van der Waals surface area contributed by atoms with Gasteiger partial charge in [0.1, 0.15) is 11.4 Å². The third kappa shape index (κ3) is 9.42. The normalized spacial score (nSPS) is 19.7. The van der Waals surface area contributed by atoms with E-state index in [1.165, 1.54) is 0 Å². The van der Waals surface area contributed by atoms with Crippen molar-refractivity contribution in [3.63, 3.8) is 0 Å². The first-order chi connectivity index (χ1) is 30.0. The van der Waals surface area contributed by atoms with Gasteiger partial charge in [-0.05, 0) is 131 Å². The van der Waals surface area contributed by atoms with E-state index in [0.717, 1.165) is 48.9 Å². The van der Waals surface area contributed by atoms with Crippen molar-refractivity contribution in [2.24, 2.45) is 0 Å². The molecule has 3 aliphatic heterocycles. The Morgan fingerprint density at radius 1 is 0.531 bits per heavy atom. The lowest BCUT2D eigenvalue weighted by atomic mass is 9.49. The Hall–Kier alpha value is -4.91. The fourth-order valence-corrected chi connectivity index (χ4v) is 7.37. The van der Waals surface area contributed by atoms with Gasteiger partial charge in [-0.2, -0.15) is 10.2 Å². The Kier molecular flexibility index (Phi) is 12.9. The lowest BCUT2D eigenvalue weighted by Gasteiger charge is -2.32. The highest BCUT2D eigenvalue weighted by molar-refractivity contribution is 9.10. The monoisotopic (exact) mass is 926 g/mol. The summed E-state index contributed by atoms with van der Waals surface area (Å²) in [6, 6.07) is 23.3. The molecule has 3 fully saturated rings. The molecule has 9 rings (SSSR count). The predicted molar refractivity (Wildman–Crippen MR) is 254 cm³/mol. The summed E-state index contributed by atoms with van der Waals surface area (Å²) in [4.78, 5) is 15.8. The van der Waals surface area contributed by atoms with Gasteiger partial charge in [-0.1, -0.05) is 46.3 Å². The summed E-state index contributed by atoms with van der Waals surface area (Å²) in [6.07, 6.45) is 3.62. The van der Waals surface area contributed by atoms with E-state index in [1.54, 1.807) is 9.36 Å². The quantitative estimate of drug-likeness (QED) is 0.118. The summed E-state index contributed by atoms with van der Waals surface area (Å²) in [5.74, 6) is 1.42. The zero-order valence-corrected chi connectivity index (χ0v) is 40.2. The number of pyridine rings is 2. The summed E-state index contributed by atoms with van der Waals surface area (Å²) >= 11 is 3.46. The van der Waals surface area contributed by atoms with Crippen LogP contribution in [0.1, 0.15) is 94.5 Å². The van der Waals surface area contributed by atoms with Gasteiger partial charge in [-0.25, -0.2) is 32.5 Å². The molecule has 0 atom stereocenters. The van der Waals surface area contributed by atoms with Crippen molar-refractivity contribution < 1.29 is 27.9 Å². The van der Waals surface area contributed by atoms with Crippen LogP contribution in [0, 0.1) is 13.1 Å². The zero-order valence-electron chi connectivity index (χ0n) is 38.6. The highest BCUT2D eigenvalue weighted by atomic mass is 79.9. The molecule has 4 aromatic heterocycles. The fraction of sp³-hybridized carbons (Fsp3) is 0.435. The fourth-order valence-electron chi connectivity index (χ4n) is 7.03. The standard InChI is InChI=1S/C20H21BN4O2.C14H9BrN4.C12H24B2O4/c1-19(2)20(3,4)27-21(26-19)15-10-9-14-12-23-25(17(14)11-15)18-8-6-7-16(24-18)13-22-5;1-16-9-12-3-2-4-14(18-12)19-13-7-11(15)6-5-10(13)8-17-19;1-9(2)10(3,4)16-13(15-9)14-17-11(5,6)12(7,8)18-14/h6-12H,13H2,1-4H3;2-8H,9H2;1-8H3. The maximum atomic E-state index is 7.04. The van der Waals surface area contributed by atoms with Crippen molar-refractivity contribution in [1.82, 2.24) is 29.5 Å². The van der Waals surface area contributed by atoms with Crippen LogP contribution >= 0.6 is 15.9 Å². The van der Waals surface area contributed by atoms with Crippen LogP contribution in [0.5, 0.6) is 0 Å². The molecule has 18 heteroatoms. The molecule has 0 amide bonds. The predicted octanol–water partition coefficient (Wildman–Crippen LogP) is 8.99. The molecule has 3 aliphatic rings. The minimum Gasteiger partial charge on any atom is -0.405 e. The SMILES string of the molecule is CC1(C)OB(B2OC(C)(C)C(C)(C)O2)OC1(C)C.[C-]#[N+]Cc1cccc(-n2ncc3ccc(B4OC(C)(C)C(C)(C)O4)cc32)n1.[C-]#[N+]Cc1cccc(-n2ncc3ccc(Br)cc32)n1. The first-order valence-corrected chi connectivity index (χ1v) is 22.0. The number of benzene rings is 2. The molecule has 0 saturated carbocycles. The van der Waals surface area contributed by atoms with Crippen LogP contribution in [-0.2, 0) is 41.0 Å². The van der Waals surface area contributed by atoms with Gasteiger partial charge < -0.3 is 37.6 Å². The third-order valence-electron chi connectivity index (χ3n) is 12.9. The Labute approximate surface area is 385 Å². The third-order valence-corrected chi connectivity index (χ3v) is 13.4. The van der Waals surface area contributed by atoms with Gasteiger partial charge in [0, 0.05) is 15.2 Å². The number of aromatic nitrogens is 6. The summed E-state index contributed by atoms with van der Waals surface area (Å²) in [5, 5.41) is 10.9. The summed E-state index contributed by atoms with van der Waals surface area (Å²) in [7, 11) is -1.38. The van der Waals surface area contributed by atoms with Crippen molar-refractivity contribution in [1.29, 1.82) is 0 Å². The molecule has 0 aliphatic carbocycles. The lowest BCUT2D eigenvalue weighted by Crippen LogP contribution is -2.41. The Morgan fingerprint density at radius 2 is 0.922 bits per heavy atom. The number of hydrogen-bond acceptors (Lipinski definition) is 10. The molecule has 14 nitrogen and oxygen atoms in total. The van der Waals surface area contributed by atoms with Gasteiger partial charge in [-0.3, -0.25) is 0 Å². The van der Waals surface area contributed by atoms with E-state index < -0.39 is 21.1 Å². The van der Waals surface area contributed by atoms with Crippen LogP contribution in [0.2, 0.25) is 0 Å². The Morgan fingerprint density at radius 3 is 1.34 bits per heavy atom. The van der Waals surface area contributed by atoms with Crippen molar-refractivity contribution >= 4 is 64.3 Å². The van der Waals surface area contributed by atoms with E-state index in [2.05, 4.69) is 45.8 Å². The van der Waals surface area contributed by atoms with E-state index in [1.807, 2.05) is 168 Å². The molecule has 7 heterocycles. The Balaban J connectivity index is 0.000000148. The largest absolute Gasteiger partial charge is 0.494 e. The molecule has 2 aromatic carbocycles. The molecule has 0 unspecified atom stereocenters. The maximum Gasteiger partial charge on any atom is 0.494 e. The summed E-state index contributed by atoms with van der Waals surface area (Å²) in [6.45, 7) is 38.9. The smallest absolute Gasteiger partial charge is 0.405 e. The van der Waals surface area contributed by atoms with E-state index in [0.29, 0.717) is 5.82 Å². The van der Waals surface area contributed by atoms with Gasteiger partial charge in [0.15, 0.2) is 11.6 Å². The number of nitrogens with zero attached hydrogens (tertiary/aromatic N) is 8. The number of halogens is 1. The first-order valence-electron chi connectivity index (χ1n) is 21.2. The minimum absolute atomic E-state index is 0.256. The summed E-state index contributed by atoms with van der Waals surface area (Å²) in [5.41, 5.74) is 2.13. The van der Waals surface area contributed by atoms with Crippen LogP contribution in [-0.4, -0.2) is 84.3 Å². The Bertz CT molecular complexity index is 2680. The van der Waals surface area contributed by atoms with E-state index >= 15 is 0 Å². The molecular weight excluding hydrogens is 873 g/mol. The molecule has 64 heavy (non-hydrogen) atoms. The van der Waals surface area contributed by atoms with Gasteiger partial charge in [0.25, 0.3) is 13.1 Å². The molecule has 0 N–H and O–H groups in total. The molecule has 330 valence electrons. The average Bonchev–Trinajstić information content (AvgIpc) is 3.98. The second kappa shape index (κ2) is 17.5. The van der Waals surface area contributed by atoms with Crippen molar-refractivity contribution in [3.8, 4) is 11.6 Å². The first kappa shape index (κ1) is 47.1. The number of rotatable bonds is 6. The molecule has 0 spiro atoms. The molecule has 0 bridgehead atoms. The van der Waals surface area contributed by atoms with Crippen molar-refractivity contribution in [3.05, 3.63) is 124 Å². The molecule has 6 aromatic rings. The van der Waals surface area contributed by atoms with Crippen molar-refractivity contribution in [2.45, 2.75) is 130 Å². The highest BCUT2D eigenvalue weighted by Gasteiger charge is 2.63. The van der Waals surface area contributed by atoms with E-state index in [9.17, 15) is 0 Å². The lowest BCUT2D eigenvalue weighted by molar-refractivity contribution is 0.00578. The van der Waals surface area contributed by atoms with Crippen LogP contribution < -0.4 is 5.46 Å². The molecular formula is C46H54B3BrN8O6. The zero-order chi connectivity index (χ0) is 46.5. The van der Waals surface area contributed by atoms with Crippen LogP contribution in [0.4, 0.5) is 0 Å². The molecule has 3 saturated heterocycles. The maximum absolute atomic E-state index is 7.04. The molecule has 0 radical (unpaired) electrons. The van der Waals surface area contributed by atoms with Gasteiger partial charge in [0.2, 0.25) is 0 Å². The van der Waals surface area contributed by atoms with Crippen LogP contribution in [0.15, 0.2) is 89.7 Å². The van der Waals surface area contributed by atoms with Gasteiger partial charge in [-0.15, -0.1) is 0 Å². The van der Waals surface area contributed by atoms with Crippen molar-refractivity contribution in [2.75, 3.05) is 0 Å². The van der Waals surface area contributed by atoms with Gasteiger partial charge in [0.05, 0.1) is 57.0 Å². The number of hydrogen-bond donors (Lipinski definition) is 0. The van der Waals surface area contributed by atoms with E-state index in [4.69, 9.17) is 41.1 Å².